The molecule has 0 saturated heterocycles. The molecule has 0 aliphatic heterocycles. The summed E-state index contributed by atoms with van der Waals surface area (Å²) in [5.74, 6) is 1.83. The fourth-order valence-electron chi connectivity index (χ4n) is 6.87. The summed E-state index contributed by atoms with van der Waals surface area (Å²) in [4.78, 5) is 14.9. The van der Waals surface area contributed by atoms with Crippen LogP contribution < -0.4 is 0 Å². The number of fused-ring (bicyclic) bond motifs is 7. The average Bonchev–Trinajstić information content (AvgIpc) is 3.72. The minimum Gasteiger partial charge on any atom is -0.455 e. The highest BCUT2D eigenvalue weighted by molar-refractivity contribution is 6.18. The maximum absolute atomic E-state index is 6.70. The Kier molecular flexibility index (Phi) is 5.81. The number of hydrogen-bond donors (Lipinski definition) is 0. The highest BCUT2D eigenvalue weighted by Gasteiger charge is 2.21. The third-order valence-corrected chi connectivity index (χ3v) is 9.12. The van der Waals surface area contributed by atoms with Crippen LogP contribution >= 0.6 is 0 Å². The Labute approximate surface area is 274 Å². The van der Waals surface area contributed by atoms with Gasteiger partial charge in [-0.05, 0) is 29.0 Å². The molecular weight excluding hydrogens is 590 g/mol. The zero-order valence-electron chi connectivity index (χ0n) is 25.6. The molecule has 0 aliphatic carbocycles. The Morgan fingerprint density at radius 2 is 0.875 bits per heavy atom. The molecule has 0 saturated carbocycles. The normalized spacial score (nSPS) is 11.8. The van der Waals surface area contributed by atoms with E-state index in [1.54, 1.807) is 0 Å². The number of para-hydroxylation sites is 2. The topological polar surface area (TPSA) is 65.0 Å². The van der Waals surface area contributed by atoms with Gasteiger partial charge in [0.05, 0.1) is 0 Å². The lowest BCUT2D eigenvalue weighted by molar-refractivity contribution is 0.665. The second kappa shape index (κ2) is 10.5. The average molecular weight is 616 g/mol. The molecule has 0 bridgehead atoms. The zero-order chi connectivity index (χ0) is 31.6. The van der Waals surface area contributed by atoms with Crippen LogP contribution in [0.5, 0.6) is 0 Å². The second-order valence-electron chi connectivity index (χ2n) is 12.0. The van der Waals surface area contributed by atoms with Gasteiger partial charge in [-0.2, -0.15) is 0 Å². The molecule has 48 heavy (non-hydrogen) atoms. The molecule has 3 aromatic heterocycles. The first-order chi connectivity index (χ1) is 23.8. The minimum absolute atomic E-state index is 0.591. The molecular formula is C43H25N3O2. The molecule has 0 aliphatic rings. The first-order valence-corrected chi connectivity index (χ1v) is 15.9. The molecule has 0 fully saturated rings. The Morgan fingerprint density at radius 1 is 0.354 bits per heavy atom. The molecule has 0 unspecified atom stereocenters. The third-order valence-electron chi connectivity index (χ3n) is 9.12. The molecule has 10 aromatic rings. The van der Waals surface area contributed by atoms with Gasteiger partial charge in [0, 0.05) is 49.4 Å². The number of rotatable bonds is 4. The quantitative estimate of drug-likeness (QED) is 0.197. The van der Waals surface area contributed by atoms with Crippen molar-refractivity contribution in [2.75, 3.05) is 0 Å². The lowest BCUT2D eigenvalue weighted by Crippen LogP contribution is -2.00. The summed E-state index contributed by atoms with van der Waals surface area (Å²) >= 11 is 0. The number of nitrogens with zero attached hydrogens (tertiary/aromatic N) is 3. The molecule has 3 heterocycles. The van der Waals surface area contributed by atoms with E-state index in [0.29, 0.717) is 17.5 Å². The first kappa shape index (κ1) is 26.6. The van der Waals surface area contributed by atoms with Crippen LogP contribution in [0.15, 0.2) is 160 Å². The van der Waals surface area contributed by atoms with E-state index >= 15 is 0 Å². The van der Waals surface area contributed by atoms with Crippen molar-refractivity contribution in [2.24, 2.45) is 0 Å². The summed E-state index contributed by atoms with van der Waals surface area (Å²) in [6.07, 6.45) is 0. The fourth-order valence-corrected chi connectivity index (χ4v) is 6.87. The first-order valence-electron chi connectivity index (χ1n) is 15.9. The maximum atomic E-state index is 6.70. The molecule has 0 N–H and O–H groups in total. The largest absolute Gasteiger partial charge is 0.455 e. The SMILES string of the molecule is c1ccc(-c2nc(-c3ccccc3)nc(-c3cccc4oc5c(-c6cccc7c6oc6cc8ccccc8cc67)cccc5c34)n2)cc1. The fraction of sp³-hybridized carbons (Fsp3) is 0. The van der Waals surface area contributed by atoms with E-state index in [9.17, 15) is 0 Å². The van der Waals surface area contributed by atoms with Crippen LogP contribution in [0.4, 0.5) is 0 Å². The Hall–Kier alpha value is -6.59. The summed E-state index contributed by atoms with van der Waals surface area (Å²) in [5, 5.41) is 6.47. The predicted molar refractivity (Wildman–Crippen MR) is 194 cm³/mol. The molecule has 224 valence electrons. The van der Waals surface area contributed by atoms with Crippen molar-refractivity contribution < 1.29 is 8.83 Å². The van der Waals surface area contributed by atoms with Gasteiger partial charge in [0.15, 0.2) is 17.5 Å². The second-order valence-corrected chi connectivity index (χ2v) is 12.0. The number of hydrogen-bond acceptors (Lipinski definition) is 5. The number of benzene rings is 7. The Bertz CT molecular complexity index is 2780. The van der Waals surface area contributed by atoms with Crippen LogP contribution in [0.2, 0.25) is 0 Å². The highest BCUT2D eigenvalue weighted by Crippen LogP contribution is 2.43. The molecule has 0 atom stereocenters. The van der Waals surface area contributed by atoms with E-state index in [4.69, 9.17) is 23.8 Å². The zero-order valence-corrected chi connectivity index (χ0v) is 25.6. The molecule has 10 rings (SSSR count). The van der Waals surface area contributed by atoms with Crippen LogP contribution in [-0.4, -0.2) is 15.0 Å². The molecule has 0 spiro atoms. The maximum Gasteiger partial charge on any atom is 0.164 e. The smallest absolute Gasteiger partial charge is 0.164 e. The molecule has 5 heteroatoms. The van der Waals surface area contributed by atoms with Crippen molar-refractivity contribution in [3.05, 3.63) is 152 Å². The predicted octanol–water partition coefficient (Wildman–Crippen LogP) is 11.5. The van der Waals surface area contributed by atoms with Crippen LogP contribution in [0.3, 0.4) is 0 Å². The van der Waals surface area contributed by atoms with Crippen molar-refractivity contribution in [3.63, 3.8) is 0 Å². The van der Waals surface area contributed by atoms with Crippen LogP contribution in [0.1, 0.15) is 0 Å². The van der Waals surface area contributed by atoms with Gasteiger partial charge in [-0.3, -0.25) is 0 Å². The van der Waals surface area contributed by atoms with Crippen molar-refractivity contribution >= 4 is 54.6 Å². The van der Waals surface area contributed by atoms with E-state index < -0.39 is 0 Å². The van der Waals surface area contributed by atoms with Gasteiger partial charge in [-0.25, -0.2) is 15.0 Å². The monoisotopic (exact) mass is 615 g/mol. The standard InChI is InChI=1S/C43H25N3O2/c1-3-12-26(13-4-1)41-44-42(27-14-5-2-6-15-27)46-43(45-41)34-22-11-23-36-38(34)33-21-10-19-31(40(33)47-36)30-18-9-20-32-35-24-28-16-7-8-17-29(28)25-37(35)48-39(30)32/h1-25H. The summed E-state index contributed by atoms with van der Waals surface area (Å²) in [6.45, 7) is 0. The lowest BCUT2D eigenvalue weighted by atomic mass is 9.98. The van der Waals surface area contributed by atoms with E-state index in [1.807, 2.05) is 72.8 Å². The van der Waals surface area contributed by atoms with Crippen molar-refractivity contribution in [1.29, 1.82) is 0 Å². The van der Waals surface area contributed by atoms with Gasteiger partial charge in [-0.15, -0.1) is 0 Å². The van der Waals surface area contributed by atoms with Gasteiger partial charge in [0.2, 0.25) is 0 Å². The van der Waals surface area contributed by atoms with Crippen LogP contribution in [-0.2, 0) is 0 Å². The summed E-state index contributed by atoms with van der Waals surface area (Å²) in [6, 6.07) is 51.5. The summed E-state index contributed by atoms with van der Waals surface area (Å²) < 4.78 is 13.3. The van der Waals surface area contributed by atoms with Crippen LogP contribution in [0, 0.1) is 0 Å². The number of furan rings is 2. The van der Waals surface area contributed by atoms with Gasteiger partial charge in [-0.1, -0.05) is 133 Å². The summed E-state index contributed by atoms with van der Waals surface area (Å²) in [5.41, 5.74) is 7.95. The summed E-state index contributed by atoms with van der Waals surface area (Å²) in [7, 11) is 0. The van der Waals surface area contributed by atoms with Crippen LogP contribution in [0.25, 0.3) is 99.9 Å². The molecule has 7 aromatic carbocycles. The van der Waals surface area contributed by atoms with E-state index in [1.165, 1.54) is 5.39 Å². The van der Waals surface area contributed by atoms with E-state index in [0.717, 1.165) is 77.1 Å². The molecule has 0 radical (unpaired) electrons. The minimum atomic E-state index is 0.591. The molecule has 0 amide bonds. The van der Waals surface area contributed by atoms with Gasteiger partial charge in [0.1, 0.15) is 22.3 Å². The van der Waals surface area contributed by atoms with Crippen molar-refractivity contribution in [3.8, 4) is 45.3 Å². The van der Waals surface area contributed by atoms with Gasteiger partial charge < -0.3 is 8.83 Å². The highest BCUT2D eigenvalue weighted by atomic mass is 16.3. The number of aromatic nitrogens is 3. The Morgan fingerprint density at radius 3 is 1.56 bits per heavy atom. The lowest BCUT2D eigenvalue weighted by Gasteiger charge is -2.09. The van der Waals surface area contributed by atoms with E-state index in [2.05, 4.69) is 78.9 Å². The van der Waals surface area contributed by atoms with Gasteiger partial charge in [0.25, 0.3) is 0 Å². The van der Waals surface area contributed by atoms with Crippen molar-refractivity contribution in [1.82, 2.24) is 15.0 Å². The Balaban J connectivity index is 1.20. The molecule has 5 nitrogen and oxygen atoms in total. The van der Waals surface area contributed by atoms with Crippen molar-refractivity contribution in [2.45, 2.75) is 0 Å². The van der Waals surface area contributed by atoms with Gasteiger partial charge >= 0.3 is 0 Å². The van der Waals surface area contributed by atoms with E-state index in [-0.39, 0.29) is 0 Å². The third kappa shape index (κ3) is 4.15.